The van der Waals surface area contributed by atoms with Gasteiger partial charge in [0.05, 0.1) is 18.8 Å². The van der Waals surface area contributed by atoms with Gasteiger partial charge in [-0.2, -0.15) is 0 Å². The first kappa shape index (κ1) is 13.9. The predicted octanol–water partition coefficient (Wildman–Crippen LogP) is 3.40. The first-order valence-electron chi connectivity index (χ1n) is 5.78. The first-order valence-corrected chi connectivity index (χ1v) is 5.78. The fraction of sp³-hybridized carbons (Fsp3) is 1.00. The molecule has 2 nitrogen and oxygen atoms in total. The first-order chi connectivity index (χ1) is 6.56. The summed E-state index contributed by atoms with van der Waals surface area (Å²) in [6.07, 6.45) is 5.08. The molecule has 0 amide bonds. The fourth-order valence-electron chi connectivity index (χ4n) is 1.14. The number of hydrogen-bond donors (Lipinski definition) is 0. The molecule has 14 heavy (non-hydrogen) atoms. The highest BCUT2D eigenvalue weighted by atomic mass is 16.5. The van der Waals surface area contributed by atoms with Crippen molar-refractivity contribution in [3.05, 3.63) is 0 Å². The van der Waals surface area contributed by atoms with E-state index in [0.717, 1.165) is 13.2 Å². The van der Waals surface area contributed by atoms with Crippen molar-refractivity contribution in [1.82, 2.24) is 0 Å². The molecule has 0 aliphatic heterocycles. The third-order valence-electron chi connectivity index (χ3n) is 1.90. The van der Waals surface area contributed by atoms with Crippen LogP contribution in [0.1, 0.15) is 53.4 Å². The van der Waals surface area contributed by atoms with Gasteiger partial charge in [0.15, 0.2) is 0 Å². The van der Waals surface area contributed by atoms with Gasteiger partial charge in [-0.25, -0.2) is 0 Å². The van der Waals surface area contributed by atoms with Crippen LogP contribution in [-0.4, -0.2) is 25.4 Å². The Morgan fingerprint density at radius 1 is 0.857 bits per heavy atom. The Kier molecular flexibility index (Phi) is 8.20. The van der Waals surface area contributed by atoms with E-state index in [9.17, 15) is 0 Å². The average Bonchev–Trinajstić information content (AvgIpc) is 2.08. The molecule has 0 fully saturated rings. The van der Waals surface area contributed by atoms with Crippen LogP contribution < -0.4 is 0 Å². The van der Waals surface area contributed by atoms with Gasteiger partial charge in [-0.05, 0) is 27.2 Å². The Hall–Kier alpha value is -0.0800. The summed E-state index contributed by atoms with van der Waals surface area (Å²) in [6, 6.07) is 0. The second kappa shape index (κ2) is 8.25. The molecule has 0 spiro atoms. The highest BCUT2D eigenvalue weighted by Crippen LogP contribution is 2.05. The van der Waals surface area contributed by atoms with E-state index in [-0.39, 0.29) is 5.60 Å². The van der Waals surface area contributed by atoms with E-state index in [1.807, 2.05) is 0 Å². The Balaban J connectivity index is 2.99. The summed E-state index contributed by atoms with van der Waals surface area (Å²) in [5.41, 5.74) is -0.0361. The Labute approximate surface area is 89.0 Å². The van der Waals surface area contributed by atoms with Gasteiger partial charge in [0.25, 0.3) is 0 Å². The molecule has 0 heterocycles. The molecule has 0 aliphatic carbocycles. The summed E-state index contributed by atoms with van der Waals surface area (Å²) in [7, 11) is 0. The van der Waals surface area contributed by atoms with Crippen molar-refractivity contribution < 1.29 is 9.47 Å². The minimum Gasteiger partial charge on any atom is -0.379 e. The van der Waals surface area contributed by atoms with Gasteiger partial charge in [-0.1, -0.05) is 26.2 Å². The van der Waals surface area contributed by atoms with Gasteiger partial charge < -0.3 is 9.47 Å². The van der Waals surface area contributed by atoms with Gasteiger partial charge in [0.1, 0.15) is 0 Å². The van der Waals surface area contributed by atoms with Gasteiger partial charge in [0.2, 0.25) is 0 Å². The largest absolute Gasteiger partial charge is 0.379 e. The van der Waals surface area contributed by atoms with Crippen LogP contribution in [0.15, 0.2) is 0 Å². The number of unbranched alkanes of at least 4 members (excludes halogenated alkanes) is 3. The van der Waals surface area contributed by atoms with E-state index >= 15 is 0 Å². The lowest BCUT2D eigenvalue weighted by atomic mass is 10.2. The predicted molar refractivity (Wildman–Crippen MR) is 60.7 cm³/mol. The van der Waals surface area contributed by atoms with Crippen molar-refractivity contribution in [2.24, 2.45) is 0 Å². The second-order valence-electron chi connectivity index (χ2n) is 4.63. The summed E-state index contributed by atoms with van der Waals surface area (Å²) >= 11 is 0. The molecule has 0 saturated carbocycles. The zero-order chi connectivity index (χ0) is 10.9. The Morgan fingerprint density at radius 3 is 2.14 bits per heavy atom. The molecule has 0 rings (SSSR count). The topological polar surface area (TPSA) is 18.5 Å². The Bertz CT molecular complexity index is 116. The lowest BCUT2D eigenvalue weighted by molar-refractivity contribution is -0.0351. The smallest absolute Gasteiger partial charge is 0.0707 e. The molecule has 86 valence electrons. The molecule has 0 aromatic heterocycles. The Morgan fingerprint density at radius 2 is 1.57 bits per heavy atom. The summed E-state index contributed by atoms with van der Waals surface area (Å²) in [5.74, 6) is 0. The van der Waals surface area contributed by atoms with Crippen LogP contribution in [0.3, 0.4) is 0 Å². The van der Waals surface area contributed by atoms with Crippen molar-refractivity contribution in [2.45, 2.75) is 59.0 Å². The zero-order valence-electron chi connectivity index (χ0n) is 10.3. The standard InChI is InChI=1S/C12H26O2/c1-5-6-7-8-9-13-10-11-14-12(2,3)4/h5-11H2,1-4H3. The molecule has 0 saturated heterocycles. The van der Waals surface area contributed by atoms with Crippen molar-refractivity contribution >= 4 is 0 Å². The SMILES string of the molecule is CCCCCCOCCOC(C)(C)C. The van der Waals surface area contributed by atoms with Gasteiger partial charge in [-0.15, -0.1) is 0 Å². The maximum atomic E-state index is 5.53. The highest BCUT2D eigenvalue weighted by Gasteiger charge is 2.08. The van der Waals surface area contributed by atoms with Gasteiger partial charge in [-0.3, -0.25) is 0 Å². The van der Waals surface area contributed by atoms with Crippen LogP contribution >= 0.6 is 0 Å². The van der Waals surface area contributed by atoms with Crippen molar-refractivity contribution in [1.29, 1.82) is 0 Å². The van der Waals surface area contributed by atoms with Crippen LogP contribution in [0.2, 0.25) is 0 Å². The molecule has 2 heteroatoms. The van der Waals surface area contributed by atoms with E-state index in [0.29, 0.717) is 6.61 Å². The maximum Gasteiger partial charge on any atom is 0.0707 e. The molecule has 0 unspecified atom stereocenters. The molecular formula is C12H26O2. The van der Waals surface area contributed by atoms with Crippen LogP contribution in [0, 0.1) is 0 Å². The minimum absolute atomic E-state index is 0.0361. The summed E-state index contributed by atoms with van der Waals surface area (Å²) in [5, 5.41) is 0. The minimum atomic E-state index is -0.0361. The van der Waals surface area contributed by atoms with Gasteiger partial charge >= 0.3 is 0 Å². The molecule has 0 N–H and O–H groups in total. The molecular weight excluding hydrogens is 176 g/mol. The highest BCUT2D eigenvalue weighted by molar-refractivity contribution is 4.57. The molecule has 0 aliphatic rings. The lowest BCUT2D eigenvalue weighted by Crippen LogP contribution is -2.21. The number of hydrogen-bond acceptors (Lipinski definition) is 2. The quantitative estimate of drug-likeness (QED) is 0.562. The third kappa shape index (κ3) is 11.9. The third-order valence-corrected chi connectivity index (χ3v) is 1.90. The van der Waals surface area contributed by atoms with Crippen molar-refractivity contribution in [3.63, 3.8) is 0 Å². The lowest BCUT2D eigenvalue weighted by Gasteiger charge is -2.19. The summed E-state index contributed by atoms with van der Waals surface area (Å²) in [6.45, 7) is 10.7. The van der Waals surface area contributed by atoms with Gasteiger partial charge in [0, 0.05) is 6.61 Å². The zero-order valence-corrected chi connectivity index (χ0v) is 10.3. The van der Waals surface area contributed by atoms with Crippen molar-refractivity contribution in [2.75, 3.05) is 19.8 Å². The fourth-order valence-corrected chi connectivity index (χ4v) is 1.14. The molecule has 0 aromatic carbocycles. The van der Waals surface area contributed by atoms with E-state index in [1.54, 1.807) is 0 Å². The summed E-state index contributed by atoms with van der Waals surface area (Å²) in [4.78, 5) is 0. The van der Waals surface area contributed by atoms with Crippen LogP contribution in [0.4, 0.5) is 0 Å². The van der Waals surface area contributed by atoms with E-state index < -0.39 is 0 Å². The summed E-state index contributed by atoms with van der Waals surface area (Å²) < 4.78 is 11.0. The van der Waals surface area contributed by atoms with E-state index in [2.05, 4.69) is 27.7 Å². The molecule has 0 atom stereocenters. The average molecular weight is 202 g/mol. The molecule has 0 bridgehead atoms. The van der Waals surface area contributed by atoms with E-state index in [4.69, 9.17) is 9.47 Å². The number of rotatable bonds is 8. The van der Waals surface area contributed by atoms with Crippen LogP contribution in [0.5, 0.6) is 0 Å². The molecule has 0 radical (unpaired) electrons. The molecule has 0 aromatic rings. The van der Waals surface area contributed by atoms with Crippen LogP contribution in [-0.2, 0) is 9.47 Å². The van der Waals surface area contributed by atoms with E-state index in [1.165, 1.54) is 25.7 Å². The van der Waals surface area contributed by atoms with Crippen LogP contribution in [0.25, 0.3) is 0 Å². The normalized spacial score (nSPS) is 12.0. The second-order valence-corrected chi connectivity index (χ2v) is 4.63. The maximum absolute atomic E-state index is 5.53. The van der Waals surface area contributed by atoms with Crippen molar-refractivity contribution in [3.8, 4) is 0 Å². The number of ether oxygens (including phenoxy) is 2. The monoisotopic (exact) mass is 202 g/mol.